The fraction of sp³-hybridized carbons (Fsp3) is 0.185. The Morgan fingerprint density at radius 3 is 2.33 bits per heavy atom. The summed E-state index contributed by atoms with van der Waals surface area (Å²) in [5.74, 6) is -0.0985. The summed E-state index contributed by atoms with van der Waals surface area (Å²) in [6.07, 6.45) is -0.0488. The molecule has 1 aliphatic heterocycles. The van der Waals surface area contributed by atoms with Gasteiger partial charge in [0.1, 0.15) is 39.7 Å². The van der Waals surface area contributed by atoms with Crippen molar-refractivity contribution in [3.05, 3.63) is 69.9 Å². The standard InChI is InChI=1S/C27H22O9/c1-32-14-5-6-15(22(9-14)34-3)16-10-24(31)35-23-12-19(30)26-18(29)11-21(36-27(26)25(16)23)13-4-7-20(33-2)17(28)8-13/h4-9,11-12,16,28,30H,10H2,1-3H3/t16-/m1/s1. The van der Waals surface area contributed by atoms with E-state index in [0.29, 0.717) is 28.2 Å². The van der Waals surface area contributed by atoms with E-state index in [0.717, 1.165) is 0 Å². The Morgan fingerprint density at radius 2 is 1.64 bits per heavy atom. The highest BCUT2D eigenvalue weighted by Crippen LogP contribution is 2.48. The second-order valence-corrected chi connectivity index (χ2v) is 8.21. The van der Waals surface area contributed by atoms with E-state index in [1.165, 1.54) is 39.5 Å². The highest BCUT2D eigenvalue weighted by molar-refractivity contribution is 5.93. The van der Waals surface area contributed by atoms with Crippen molar-refractivity contribution in [1.82, 2.24) is 0 Å². The minimum absolute atomic E-state index is 0.0488. The third kappa shape index (κ3) is 3.74. The third-order valence-corrected chi connectivity index (χ3v) is 6.20. The molecule has 0 bridgehead atoms. The fourth-order valence-corrected chi connectivity index (χ4v) is 4.52. The van der Waals surface area contributed by atoms with Gasteiger partial charge in [-0.2, -0.15) is 0 Å². The van der Waals surface area contributed by atoms with Crippen molar-refractivity contribution in [2.45, 2.75) is 12.3 Å². The van der Waals surface area contributed by atoms with Gasteiger partial charge < -0.3 is 33.6 Å². The van der Waals surface area contributed by atoms with Crippen LogP contribution >= 0.6 is 0 Å². The lowest BCUT2D eigenvalue weighted by atomic mass is 9.84. The summed E-state index contributed by atoms with van der Waals surface area (Å²) in [7, 11) is 4.46. The van der Waals surface area contributed by atoms with E-state index in [1.54, 1.807) is 30.3 Å². The van der Waals surface area contributed by atoms with Gasteiger partial charge in [0.05, 0.1) is 27.8 Å². The Labute approximate surface area is 205 Å². The van der Waals surface area contributed by atoms with E-state index in [-0.39, 0.29) is 46.1 Å². The summed E-state index contributed by atoms with van der Waals surface area (Å²) in [4.78, 5) is 25.7. The molecule has 2 N–H and O–H groups in total. The van der Waals surface area contributed by atoms with Gasteiger partial charge in [0.2, 0.25) is 0 Å². The van der Waals surface area contributed by atoms with Crippen LogP contribution in [-0.4, -0.2) is 37.5 Å². The molecule has 184 valence electrons. The van der Waals surface area contributed by atoms with Gasteiger partial charge in [0, 0.05) is 40.8 Å². The van der Waals surface area contributed by atoms with Gasteiger partial charge in [-0.25, -0.2) is 0 Å². The molecule has 5 rings (SSSR count). The number of rotatable bonds is 5. The minimum Gasteiger partial charge on any atom is -0.507 e. The van der Waals surface area contributed by atoms with Crippen molar-refractivity contribution >= 4 is 16.9 Å². The number of carbonyl (C=O) groups is 1. The Hall–Kier alpha value is -4.66. The SMILES string of the molecule is COc1ccc([C@H]2CC(=O)Oc3cc(O)c4c(=O)cc(-c5ccc(OC)c(O)c5)oc4c32)c(OC)c1. The number of benzene rings is 3. The van der Waals surface area contributed by atoms with Crippen LogP contribution in [0.3, 0.4) is 0 Å². The summed E-state index contributed by atoms with van der Waals surface area (Å²) in [6, 6.07) is 12.2. The number of hydrogen-bond donors (Lipinski definition) is 2. The summed E-state index contributed by atoms with van der Waals surface area (Å²) in [5.41, 5.74) is 1.05. The normalized spacial score (nSPS) is 14.8. The van der Waals surface area contributed by atoms with Crippen LogP contribution in [0.1, 0.15) is 23.5 Å². The van der Waals surface area contributed by atoms with Crippen molar-refractivity contribution in [3.63, 3.8) is 0 Å². The van der Waals surface area contributed by atoms with Gasteiger partial charge in [-0.3, -0.25) is 9.59 Å². The van der Waals surface area contributed by atoms with Crippen molar-refractivity contribution in [2.24, 2.45) is 0 Å². The number of fused-ring (bicyclic) bond motifs is 3. The van der Waals surface area contributed by atoms with Crippen molar-refractivity contribution < 1.29 is 38.4 Å². The first-order chi connectivity index (χ1) is 17.3. The minimum atomic E-state index is -0.604. The monoisotopic (exact) mass is 490 g/mol. The van der Waals surface area contributed by atoms with E-state index in [2.05, 4.69) is 0 Å². The third-order valence-electron chi connectivity index (χ3n) is 6.20. The number of methoxy groups -OCH3 is 3. The first-order valence-electron chi connectivity index (χ1n) is 11.0. The van der Waals surface area contributed by atoms with Gasteiger partial charge in [-0.15, -0.1) is 0 Å². The van der Waals surface area contributed by atoms with Crippen LogP contribution < -0.4 is 24.4 Å². The predicted molar refractivity (Wildman–Crippen MR) is 129 cm³/mol. The van der Waals surface area contributed by atoms with Crippen LogP contribution in [0, 0.1) is 0 Å². The molecule has 1 aromatic heterocycles. The number of phenolic OH excluding ortho intramolecular Hbond substituents is 2. The molecule has 4 aromatic rings. The van der Waals surface area contributed by atoms with Crippen LogP contribution in [0.2, 0.25) is 0 Å². The maximum absolute atomic E-state index is 13.1. The molecule has 36 heavy (non-hydrogen) atoms. The number of carbonyl (C=O) groups excluding carboxylic acids is 1. The van der Waals surface area contributed by atoms with Gasteiger partial charge in [0.15, 0.2) is 16.9 Å². The molecular weight excluding hydrogens is 468 g/mol. The average molecular weight is 490 g/mol. The highest BCUT2D eigenvalue weighted by atomic mass is 16.5. The zero-order chi connectivity index (χ0) is 25.6. The molecular formula is C27H22O9. The van der Waals surface area contributed by atoms with E-state index in [9.17, 15) is 19.8 Å². The first-order valence-corrected chi connectivity index (χ1v) is 11.0. The fourth-order valence-electron chi connectivity index (χ4n) is 4.52. The molecule has 1 atom stereocenters. The van der Waals surface area contributed by atoms with Crippen LogP contribution in [-0.2, 0) is 4.79 Å². The number of aromatic hydroxyl groups is 2. The van der Waals surface area contributed by atoms with E-state index in [4.69, 9.17) is 23.4 Å². The first kappa shape index (κ1) is 23.1. The van der Waals surface area contributed by atoms with Gasteiger partial charge >= 0.3 is 5.97 Å². The van der Waals surface area contributed by atoms with Crippen LogP contribution in [0.4, 0.5) is 0 Å². The molecule has 9 heteroatoms. The maximum atomic E-state index is 13.1. The Bertz CT molecular complexity index is 1570. The van der Waals surface area contributed by atoms with Crippen LogP contribution in [0.5, 0.6) is 34.5 Å². The summed E-state index contributed by atoms with van der Waals surface area (Å²) >= 11 is 0. The molecule has 0 unspecified atom stereocenters. The largest absolute Gasteiger partial charge is 0.507 e. The molecule has 3 aromatic carbocycles. The molecule has 2 heterocycles. The molecule has 0 radical (unpaired) electrons. The van der Waals surface area contributed by atoms with E-state index in [1.807, 2.05) is 0 Å². The zero-order valence-corrected chi connectivity index (χ0v) is 19.7. The topological polar surface area (TPSA) is 125 Å². The lowest BCUT2D eigenvalue weighted by Crippen LogP contribution is -2.22. The number of hydrogen-bond acceptors (Lipinski definition) is 9. The zero-order valence-electron chi connectivity index (χ0n) is 19.7. The van der Waals surface area contributed by atoms with Crippen molar-refractivity contribution in [1.29, 1.82) is 0 Å². The number of ether oxygens (including phenoxy) is 4. The molecule has 0 saturated heterocycles. The molecule has 1 aliphatic rings. The summed E-state index contributed by atoms with van der Waals surface area (Å²) in [6.45, 7) is 0. The van der Waals surface area contributed by atoms with Crippen LogP contribution in [0.15, 0.2) is 57.7 Å². The smallest absolute Gasteiger partial charge is 0.312 e. The molecule has 9 nitrogen and oxygen atoms in total. The lowest BCUT2D eigenvalue weighted by molar-refractivity contribution is -0.135. The molecule has 0 spiro atoms. The molecule has 0 aliphatic carbocycles. The summed E-state index contributed by atoms with van der Waals surface area (Å²) < 4.78 is 27.6. The summed E-state index contributed by atoms with van der Waals surface area (Å²) in [5, 5.41) is 20.8. The van der Waals surface area contributed by atoms with Gasteiger partial charge in [-0.1, -0.05) is 6.07 Å². The highest BCUT2D eigenvalue weighted by Gasteiger charge is 2.35. The maximum Gasteiger partial charge on any atom is 0.312 e. The molecule has 0 fully saturated rings. The van der Waals surface area contributed by atoms with Crippen LogP contribution in [0.25, 0.3) is 22.3 Å². The second-order valence-electron chi connectivity index (χ2n) is 8.21. The van der Waals surface area contributed by atoms with E-state index >= 15 is 0 Å². The van der Waals surface area contributed by atoms with E-state index < -0.39 is 17.3 Å². The second kappa shape index (κ2) is 8.84. The van der Waals surface area contributed by atoms with Gasteiger partial charge in [-0.05, 0) is 24.3 Å². The average Bonchev–Trinajstić information content (AvgIpc) is 2.87. The molecule has 0 amide bonds. The quantitative estimate of drug-likeness (QED) is 0.310. The Kier molecular flexibility index (Phi) is 5.68. The Balaban J connectivity index is 1.79. The van der Waals surface area contributed by atoms with Gasteiger partial charge in [0.25, 0.3) is 0 Å². The number of esters is 1. The Morgan fingerprint density at radius 1 is 0.861 bits per heavy atom. The molecule has 0 saturated carbocycles. The number of phenols is 2. The van der Waals surface area contributed by atoms with Crippen molar-refractivity contribution in [2.75, 3.05) is 21.3 Å². The predicted octanol–water partition coefficient (Wildman–Crippen LogP) is 4.34. The van der Waals surface area contributed by atoms with Crippen molar-refractivity contribution in [3.8, 4) is 45.8 Å². The lowest BCUT2D eigenvalue weighted by Gasteiger charge is -2.27.